The van der Waals surface area contributed by atoms with Gasteiger partial charge in [0.25, 0.3) is 10.0 Å². The van der Waals surface area contributed by atoms with Gasteiger partial charge in [0.1, 0.15) is 4.21 Å². The highest BCUT2D eigenvalue weighted by Gasteiger charge is 2.33. The maximum absolute atomic E-state index is 12.8. The van der Waals surface area contributed by atoms with Gasteiger partial charge in [-0.15, -0.1) is 11.3 Å². The summed E-state index contributed by atoms with van der Waals surface area (Å²) >= 11 is 8.07. The Morgan fingerprint density at radius 1 is 1.12 bits per heavy atom. The van der Waals surface area contributed by atoms with Crippen molar-refractivity contribution in [3.63, 3.8) is 0 Å². The third-order valence-electron chi connectivity index (χ3n) is 5.34. The molecular weight excluding hydrogens is 528 g/mol. The summed E-state index contributed by atoms with van der Waals surface area (Å²) in [6.45, 7) is 0.475. The van der Waals surface area contributed by atoms with Gasteiger partial charge in [-0.2, -0.15) is 4.31 Å². The minimum Gasteiger partial charge on any atom is -0.302 e. The third-order valence-corrected chi connectivity index (χ3v) is 11.7. The number of carbonyl (C=O) groups is 1. The second kappa shape index (κ2) is 9.21. The van der Waals surface area contributed by atoms with E-state index in [1.165, 1.54) is 47.9 Å². The van der Waals surface area contributed by atoms with Crippen LogP contribution in [0.25, 0.3) is 10.2 Å². The molecule has 1 N–H and O–H groups in total. The molecule has 0 unspecified atom stereocenters. The number of rotatable bonds is 6. The van der Waals surface area contributed by atoms with Crippen LogP contribution in [0.4, 0.5) is 5.13 Å². The zero-order chi connectivity index (χ0) is 24.0. The molecule has 33 heavy (non-hydrogen) atoms. The van der Waals surface area contributed by atoms with Crippen molar-refractivity contribution in [1.29, 1.82) is 0 Å². The Bertz CT molecular complexity index is 1410. The van der Waals surface area contributed by atoms with Gasteiger partial charge in [0, 0.05) is 33.1 Å². The predicted octanol–water partition coefficient (Wildman–Crippen LogP) is 3.30. The fourth-order valence-electron chi connectivity index (χ4n) is 3.46. The summed E-state index contributed by atoms with van der Waals surface area (Å²) in [5.74, 6) is -0.577. The van der Waals surface area contributed by atoms with E-state index in [1.807, 2.05) is 0 Å². The highest BCUT2D eigenvalue weighted by atomic mass is 35.5. The summed E-state index contributed by atoms with van der Waals surface area (Å²) < 4.78 is 53.9. The number of thiazole rings is 1. The first-order valence-corrected chi connectivity index (χ1v) is 14.8. The Hall–Kier alpha value is -1.61. The van der Waals surface area contributed by atoms with Gasteiger partial charge in [0.05, 0.1) is 19.4 Å². The Kier molecular flexibility index (Phi) is 6.84. The second-order valence-electron chi connectivity index (χ2n) is 7.66. The zero-order valence-corrected chi connectivity index (χ0v) is 21.7. The van der Waals surface area contributed by atoms with Crippen molar-refractivity contribution in [3.05, 3.63) is 34.7 Å². The first kappa shape index (κ1) is 24.5. The minimum absolute atomic E-state index is 0.155. The SMILES string of the molecule is CN(C)S(=O)(=O)c1ccc2nc(NC(=O)C3CCN(S(=O)(=O)c4ccc(Cl)s4)CC3)sc2c1. The largest absolute Gasteiger partial charge is 0.302 e. The van der Waals surface area contributed by atoms with Crippen molar-refractivity contribution >= 4 is 75.6 Å². The highest BCUT2D eigenvalue weighted by Crippen LogP contribution is 2.32. The van der Waals surface area contributed by atoms with Crippen LogP contribution < -0.4 is 5.32 Å². The quantitative estimate of drug-likeness (QED) is 0.505. The van der Waals surface area contributed by atoms with Gasteiger partial charge in [0.15, 0.2) is 5.13 Å². The molecule has 14 heteroatoms. The number of anilines is 1. The molecule has 1 amide bonds. The van der Waals surface area contributed by atoms with Crippen LogP contribution in [-0.4, -0.2) is 63.5 Å². The number of hydrogen-bond acceptors (Lipinski definition) is 8. The lowest BCUT2D eigenvalue weighted by atomic mass is 9.97. The normalized spacial score (nSPS) is 16.5. The number of halogens is 1. The van der Waals surface area contributed by atoms with Crippen molar-refractivity contribution in [2.75, 3.05) is 32.5 Å². The van der Waals surface area contributed by atoms with Gasteiger partial charge < -0.3 is 5.32 Å². The van der Waals surface area contributed by atoms with E-state index in [1.54, 1.807) is 12.1 Å². The van der Waals surface area contributed by atoms with E-state index in [0.29, 0.717) is 32.5 Å². The van der Waals surface area contributed by atoms with E-state index < -0.39 is 20.0 Å². The average molecular weight is 549 g/mol. The number of aromatic nitrogens is 1. The first-order chi connectivity index (χ1) is 15.5. The molecular formula is C19H21ClN4O5S4. The van der Waals surface area contributed by atoms with Crippen LogP contribution in [0.1, 0.15) is 12.8 Å². The van der Waals surface area contributed by atoms with Crippen LogP contribution >= 0.6 is 34.3 Å². The molecule has 0 saturated carbocycles. The third kappa shape index (κ3) is 4.94. The molecule has 0 radical (unpaired) electrons. The van der Waals surface area contributed by atoms with E-state index in [2.05, 4.69) is 10.3 Å². The Labute approximate surface area is 205 Å². The van der Waals surface area contributed by atoms with Gasteiger partial charge >= 0.3 is 0 Å². The number of nitrogens with one attached hydrogen (secondary N) is 1. The van der Waals surface area contributed by atoms with E-state index in [0.717, 1.165) is 15.6 Å². The van der Waals surface area contributed by atoms with Crippen LogP contribution in [0.15, 0.2) is 39.4 Å². The molecule has 0 bridgehead atoms. The van der Waals surface area contributed by atoms with Crippen LogP contribution in [0, 0.1) is 5.92 Å². The number of thiophene rings is 1. The van der Waals surface area contributed by atoms with Crippen molar-refractivity contribution in [1.82, 2.24) is 13.6 Å². The number of sulfonamides is 2. The number of carbonyl (C=O) groups excluding carboxylic acids is 1. The van der Waals surface area contributed by atoms with Crippen LogP contribution in [0.5, 0.6) is 0 Å². The number of benzene rings is 1. The van der Waals surface area contributed by atoms with Gasteiger partial charge in [-0.25, -0.2) is 26.1 Å². The number of piperidine rings is 1. The predicted molar refractivity (Wildman–Crippen MR) is 130 cm³/mol. The number of amides is 1. The minimum atomic E-state index is -3.62. The number of hydrogen-bond donors (Lipinski definition) is 1. The zero-order valence-electron chi connectivity index (χ0n) is 17.7. The van der Waals surface area contributed by atoms with E-state index in [9.17, 15) is 21.6 Å². The topological polar surface area (TPSA) is 117 Å². The molecule has 1 aliphatic rings. The highest BCUT2D eigenvalue weighted by molar-refractivity contribution is 7.91. The molecule has 2 aromatic heterocycles. The molecule has 1 fully saturated rings. The molecule has 3 heterocycles. The Morgan fingerprint density at radius 3 is 2.42 bits per heavy atom. The van der Waals surface area contributed by atoms with Crippen LogP contribution in [0.3, 0.4) is 0 Å². The van der Waals surface area contributed by atoms with Crippen molar-refractivity contribution in [3.8, 4) is 0 Å². The van der Waals surface area contributed by atoms with Crippen molar-refractivity contribution in [2.45, 2.75) is 21.9 Å². The molecule has 0 aliphatic carbocycles. The molecule has 1 aromatic carbocycles. The Morgan fingerprint density at radius 2 is 1.82 bits per heavy atom. The number of nitrogens with zero attached hydrogens (tertiary/aromatic N) is 3. The average Bonchev–Trinajstić information content (AvgIpc) is 3.39. The summed E-state index contributed by atoms with van der Waals surface area (Å²) in [5, 5.41) is 3.17. The van der Waals surface area contributed by atoms with Gasteiger partial charge in [-0.1, -0.05) is 22.9 Å². The summed E-state index contributed by atoms with van der Waals surface area (Å²) in [6, 6.07) is 7.68. The summed E-state index contributed by atoms with van der Waals surface area (Å²) in [7, 11) is -4.26. The fraction of sp³-hybridized carbons (Fsp3) is 0.368. The monoisotopic (exact) mass is 548 g/mol. The van der Waals surface area contributed by atoms with Crippen LogP contribution in [-0.2, 0) is 24.8 Å². The summed E-state index contributed by atoms with van der Waals surface area (Å²) in [5.41, 5.74) is 0.587. The molecule has 3 aromatic rings. The van der Waals surface area contributed by atoms with Crippen molar-refractivity contribution in [2.24, 2.45) is 5.92 Å². The van der Waals surface area contributed by atoms with Gasteiger partial charge in [-0.05, 0) is 43.2 Å². The van der Waals surface area contributed by atoms with E-state index in [4.69, 9.17) is 11.6 Å². The van der Waals surface area contributed by atoms with Crippen LogP contribution in [0.2, 0.25) is 4.34 Å². The van der Waals surface area contributed by atoms with E-state index in [-0.39, 0.29) is 34.0 Å². The molecule has 1 aliphatic heterocycles. The summed E-state index contributed by atoms with van der Waals surface area (Å²) in [6.07, 6.45) is 0.778. The molecule has 1 saturated heterocycles. The lowest BCUT2D eigenvalue weighted by Gasteiger charge is -2.29. The second-order valence-corrected chi connectivity index (χ2v) is 14.7. The maximum atomic E-state index is 12.8. The summed E-state index contributed by atoms with van der Waals surface area (Å²) in [4.78, 5) is 17.3. The smallest absolute Gasteiger partial charge is 0.252 e. The van der Waals surface area contributed by atoms with Crippen molar-refractivity contribution < 1.29 is 21.6 Å². The lowest BCUT2D eigenvalue weighted by Crippen LogP contribution is -2.41. The van der Waals surface area contributed by atoms with Gasteiger partial charge in [0.2, 0.25) is 15.9 Å². The molecule has 178 valence electrons. The first-order valence-electron chi connectivity index (χ1n) is 9.88. The molecule has 0 spiro atoms. The Balaban J connectivity index is 1.42. The molecule has 9 nitrogen and oxygen atoms in total. The molecule has 0 atom stereocenters. The fourth-order valence-corrected chi connectivity index (χ4v) is 8.48. The standard InChI is InChI=1S/C19H21ClN4O5S4/c1-23(2)32(26,27)13-3-4-14-15(11-13)30-19(21-14)22-18(25)12-7-9-24(10-8-12)33(28,29)17-6-5-16(20)31-17/h3-6,11-12H,7-10H2,1-2H3,(H,21,22,25). The van der Waals surface area contributed by atoms with E-state index >= 15 is 0 Å². The maximum Gasteiger partial charge on any atom is 0.252 e. The molecule has 4 rings (SSSR count). The lowest BCUT2D eigenvalue weighted by molar-refractivity contribution is -0.120. The number of fused-ring (bicyclic) bond motifs is 1. The van der Waals surface area contributed by atoms with Gasteiger partial charge in [-0.3, -0.25) is 4.79 Å².